The first-order valence-electron chi connectivity index (χ1n) is 7.40. The Balaban J connectivity index is 1.61. The van der Waals surface area contributed by atoms with Crippen LogP contribution in [0.15, 0.2) is 29.6 Å². The van der Waals surface area contributed by atoms with Crippen molar-refractivity contribution in [1.82, 2.24) is 9.88 Å². The number of carbonyl (C=O) groups excluding carboxylic acids is 1. The number of primary amides is 1. The van der Waals surface area contributed by atoms with Gasteiger partial charge in [-0.15, -0.1) is 11.3 Å². The molecular formula is C16H17N3OS3. The molecule has 1 aliphatic rings. The maximum atomic E-state index is 11.1. The summed E-state index contributed by atoms with van der Waals surface area (Å²) in [6.45, 7) is 2.17. The zero-order valence-corrected chi connectivity index (χ0v) is 15.0. The van der Waals surface area contributed by atoms with Gasteiger partial charge in [0.05, 0.1) is 5.69 Å². The number of thiazole rings is 1. The second-order valence-corrected chi connectivity index (χ2v) is 7.80. The molecule has 0 bridgehead atoms. The molecule has 4 nitrogen and oxygen atoms in total. The molecule has 1 saturated heterocycles. The minimum atomic E-state index is -0.414. The number of hydrogen-bond acceptors (Lipinski definition) is 5. The lowest BCUT2D eigenvalue weighted by Gasteiger charge is -2.16. The van der Waals surface area contributed by atoms with E-state index in [1.54, 1.807) is 35.2 Å². The van der Waals surface area contributed by atoms with E-state index in [0.717, 1.165) is 39.4 Å². The predicted octanol–water partition coefficient (Wildman–Crippen LogP) is 3.52. The molecule has 1 fully saturated rings. The lowest BCUT2D eigenvalue weighted by atomic mass is 10.1. The second kappa shape index (κ2) is 7.42. The van der Waals surface area contributed by atoms with E-state index in [0.29, 0.717) is 5.56 Å². The zero-order valence-electron chi connectivity index (χ0n) is 12.5. The first kappa shape index (κ1) is 16.4. The number of carbonyl (C=O) groups is 1. The molecule has 0 aliphatic carbocycles. The number of amides is 1. The fraction of sp³-hybridized carbons (Fsp3) is 0.312. The predicted molar refractivity (Wildman–Crippen MR) is 101 cm³/mol. The molecule has 2 heterocycles. The van der Waals surface area contributed by atoms with Crippen molar-refractivity contribution in [2.24, 2.45) is 5.73 Å². The van der Waals surface area contributed by atoms with Crippen LogP contribution in [0.25, 0.3) is 10.6 Å². The van der Waals surface area contributed by atoms with Crippen LogP contribution in [-0.2, 0) is 5.75 Å². The maximum absolute atomic E-state index is 11.1. The molecule has 2 N–H and O–H groups in total. The van der Waals surface area contributed by atoms with Crippen molar-refractivity contribution in [1.29, 1.82) is 0 Å². The molecular weight excluding hydrogens is 346 g/mol. The van der Waals surface area contributed by atoms with Gasteiger partial charge in [-0.25, -0.2) is 4.98 Å². The summed E-state index contributed by atoms with van der Waals surface area (Å²) in [6, 6.07) is 7.22. The first-order chi connectivity index (χ1) is 11.1. The molecule has 1 amide bonds. The summed E-state index contributed by atoms with van der Waals surface area (Å²) in [6.07, 6.45) is 2.48. The van der Waals surface area contributed by atoms with Gasteiger partial charge in [-0.3, -0.25) is 4.79 Å². The third-order valence-corrected chi connectivity index (χ3v) is 6.17. The molecule has 120 valence electrons. The Morgan fingerprint density at radius 2 is 2.00 bits per heavy atom. The molecule has 0 spiro atoms. The van der Waals surface area contributed by atoms with Gasteiger partial charge >= 0.3 is 0 Å². The van der Waals surface area contributed by atoms with Crippen LogP contribution >= 0.6 is 35.3 Å². The minimum Gasteiger partial charge on any atom is -0.366 e. The number of nitrogens with two attached hydrogens (primary N) is 1. The third-order valence-electron chi connectivity index (χ3n) is 3.68. The Morgan fingerprint density at radius 3 is 2.65 bits per heavy atom. The Bertz CT molecular complexity index is 706. The van der Waals surface area contributed by atoms with Crippen LogP contribution in [-0.4, -0.2) is 33.2 Å². The number of benzene rings is 1. The number of hydrogen-bond donors (Lipinski definition) is 1. The number of nitrogens with zero attached hydrogens (tertiary/aromatic N) is 2. The summed E-state index contributed by atoms with van der Waals surface area (Å²) >= 11 is 8.76. The molecule has 1 aromatic heterocycles. The van der Waals surface area contributed by atoms with E-state index in [4.69, 9.17) is 18.0 Å². The molecule has 0 radical (unpaired) electrons. The summed E-state index contributed by atoms with van der Waals surface area (Å²) in [5, 5.41) is 3.01. The van der Waals surface area contributed by atoms with Crippen molar-refractivity contribution < 1.29 is 4.79 Å². The van der Waals surface area contributed by atoms with Crippen molar-refractivity contribution in [2.75, 3.05) is 13.1 Å². The highest BCUT2D eigenvalue weighted by molar-refractivity contribution is 8.22. The van der Waals surface area contributed by atoms with E-state index in [2.05, 4.69) is 15.3 Å². The molecule has 0 unspecified atom stereocenters. The van der Waals surface area contributed by atoms with Gasteiger partial charge < -0.3 is 10.6 Å². The highest BCUT2D eigenvalue weighted by Gasteiger charge is 2.15. The van der Waals surface area contributed by atoms with Crippen molar-refractivity contribution in [3.8, 4) is 10.6 Å². The maximum Gasteiger partial charge on any atom is 0.248 e. The number of likely N-dealkylation sites (tertiary alicyclic amines) is 1. The van der Waals surface area contributed by atoms with E-state index >= 15 is 0 Å². The molecule has 23 heavy (non-hydrogen) atoms. The molecule has 1 aliphatic heterocycles. The number of thioether (sulfide) groups is 1. The van der Waals surface area contributed by atoms with Gasteiger partial charge in [-0.2, -0.15) is 0 Å². The molecule has 1 aromatic carbocycles. The van der Waals surface area contributed by atoms with Gasteiger partial charge in [0.2, 0.25) is 5.91 Å². The Kier molecular flexibility index (Phi) is 5.30. The monoisotopic (exact) mass is 363 g/mol. The largest absolute Gasteiger partial charge is 0.366 e. The van der Waals surface area contributed by atoms with Crippen LogP contribution in [0.2, 0.25) is 0 Å². The van der Waals surface area contributed by atoms with E-state index in [9.17, 15) is 4.79 Å². The fourth-order valence-electron chi connectivity index (χ4n) is 2.41. The molecule has 2 aromatic rings. The molecule has 0 atom stereocenters. The van der Waals surface area contributed by atoms with Gasteiger partial charge in [0.25, 0.3) is 0 Å². The number of aromatic nitrogens is 1. The highest BCUT2D eigenvalue weighted by Crippen LogP contribution is 2.27. The minimum absolute atomic E-state index is 0.414. The summed E-state index contributed by atoms with van der Waals surface area (Å²) in [4.78, 5) is 18.0. The molecule has 7 heteroatoms. The van der Waals surface area contributed by atoms with Crippen molar-refractivity contribution in [3.63, 3.8) is 0 Å². The van der Waals surface area contributed by atoms with Crippen LogP contribution < -0.4 is 5.73 Å². The van der Waals surface area contributed by atoms with Crippen molar-refractivity contribution in [3.05, 3.63) is 40.9 Å². The van der Waals surface area contributed by atoms with Gasteiger partial charge in [-0.1, -0.05) is 36.1 Å². The van der Waals surface area contributed by atoms with Gasteiger partial charge in [-0.05, 0) is 25.0 Å². The summed E-state index contributed by atoms with van der Waals surface area (Å²) in [7, 11) is 0. The second-order valence-electron chi connectivity index (χ2n) is 5.33. The fourth-order valence-corrected chi connectivity index (χ4v) is 4.48. The summed E-state index contributed by atoms with van der Waals surface area (Å²) in [5.74, 6) is 0.383. The first-order valence-corrected chi connectivity index (χ1v) is 9.67. The summed E-state index contributed by atoms with van der Waals surface area (Å²) in [5.41, 5.74) is 7.80. The standard InChI is InChI=1S/C16H17N3OS3/c17-14(20)11-3-5-12(6-4-11)15-18-13(9-22-15)10-23-16(21)19-7-1-2-8-19/h3-6,9H,1-2,7-8,10H2,(H2,17,20). The van der Waals surface area contributed by atoms with Crippen LogP contribution in [0.1, 0.15) is 28.9 Å². The smallest absolute Gasteiger partial charge is 0.248 e. The van der Waals surface area contributed by atoms with Gasteiger partial charge in [0.15, 0.2) is 0 Å². The van der Waals surface area contributed by atoms with Crippen molar-refractivity contribution in [2.45, 2.75) is 18.6 Å². The Labute approximate surface area is 149 Å². The third kappa shape index (κ3) is 4.10. The van der Waals surface area contributed by atoms with E-state index in [1.165, 1.54) is 12.8 Å². The van der Waals surface area contributed by atoms with E-state index < -0.39 is 5.91 Å². The SMILES string of the molecule is NC(=O)c1ccc(-c2nc(CSC(=S)N3CCCC3)cs2)cc1. The number of rotatable bonds is 4. The Hall–Kier alpha value is -1.44. The van der Waals surface area contributed by atoms with Crippen LogP contribution in [0, 0.1) is 0 Å². The van der Waals surface area contributed by atoms with E-state index in [1.807, 2.05) is 12.1 Å². The van der Waals surface area contributed by atoms with E-state index in [-0.39, 0.29) is 0 Å². The average molecular weight is 364 g/mol. The molecule has 3 rings (SSSR count). The zero-order chi connectivity index (χ0) is 16.2. The van der Waals surface area contributed by atoms with Crippen LogP contribution in [0.5, 0.6) is 0 Å². The lowest BCUT2D eigenvalue weighted by molar-refractivity contribution is 0.100. The number of thiocarbonyl (C=S) groups is 1. The average Bonchev–Trinajstić information content (AvgIpc) is 3.24. The Morgan fingerprint density at radius 1 is 1.30 bits per heavy atom. The van der Waals surface area contributed by atoms with Gasteiger partial charge in [0, 0.05) is 35.3 Å². The van der Waals surface area contributed by atoms with Gasteiger partial charge in [0.1, 0.15) is 9.33 Å². The topological polar surface area (TPSA) is 59.2 Å². The molecule has 0 saturated carbocycles. The summed E-state index contributed by atoms with van der Waals surface area (Å²) < 4.78 is 0.975. The van der Waals surface area contributed by atoms with Crippen LogP contribution in [0.3, 0.4) is 0 Å². The normalized spacial score (nSPS) is 14.2. The van der Waals surface area contributed by atoms with Crippen molar-refractivity contribution >= 4 is 45.5 Å². The van der Waals surface area contributed by atoms with Crippen LogP contribution in [0.4, 0.5) is 0 Å². The highest BCUT2D eigenvalue weighted by atomic mass is 32.2. The lowest BCUT2D eigenvalue weighted by Crippen LogP contribution is -2.23. The quantitative estimate of drug-likeness (QED) is 0.842.